The summed E-state index contributed by atoms with van der Waals surface area (Å²) in [6.45, 7) is 14.6. The summed E-state index contributed by atoms with van der Waals surface area (Å²) < 4.78 is 2.06. The molecule has 0 saturated heterocycles. The Bertz CT molecular complexity index is 469. The second-order valence-electron chi connectivity index (χ2n) is 5.66. The van der Waals surface area contributed by atoms with E-state index in [1.807, 2.05) is 13.8 Å². The van der Waals surface area contributed by atoms with Crippen LogP contribution in [0.4, 0.5) is 5.82 Å². The van der Waals surface area contributed by atoms with Gasteiger partial charge in [-0.2, -0.15) is 5.26 Å². The molecule has 1 aromatic heterocycles. The van der Waals surface area contributed by atoms with Gasteiger partial charge in [0.25, 0.3) is 0 Å². The minimum Gasteiger partial charge on any atom is -0.384 e. The molecule has 0 aliphatic rings. The first kappa shape index (κ1) is 15.6. The van der Waals surface area contributed by atoms with Crippen molar-refractivity contribution in [2.45, 2.75) is 60.2 Å². The number of nitrogens with zero attached hydrogens (tertiary/aromatic N) is 3. The highest BCUT2D eigenvalue weighted by atomic mass is 15.2. The molecule has 2 N–H and O–H groups in total. The fourth-order valence-electron chi connectivity index (χ4n) is 2.65. The Labute approximate surface area is 116 Å². The Balaban J connectivity index is 2.93. The maximum Gasteiger partial charge on any atom is 0.122 e. The Morgan fingerprint density at radius 3 is 2.11 bits per heavy atom. The maximum atomic E-state index is 9.14. The Morgan fingerprint density at radius 2 is 1.74 bits per heavy atom. The second-order valence-corrected chi connectivity index (χ2v) is 5.66. The number of anilines is 1. The van der Waals surface area contributed by atoms with Crippen LogP contribution in [0, 0.1) is 25.2 Å². The molecule has 4 nitrogen and oxygen atoms in total. The van der Waals surface area contributed by atoms with Crippen LogP contribution < -0.4 is 5.73 Å². The van der Waals surface area contributed by atoms with Crippen molar-refractivity contribution in [1.82, 2.24) is 9.47 Å². The average Bonchev–Trinajstić information content (AvgIpc) is 2.52. The highest BCUT2D eigenvalue weighted by molar-refractivity contribution is 5.57. The zero-order valence-corrected chi connectivity index (χ0v) is 13.0. The normalized spacial score (nSPS) is 11.6. The zero-order valence-electron chi connectivity index (χ0n) is 13.0. The van der Waals surface area contributed by atoms with Crippen LogP contribution in [-0.2, 0) is 6.54 Å². The third-order valence-corrected chi connectivity index (χ3v) is 3.89. The first-order chi connectivity index (χ1) is 8.81. The fraction of sp³-hybridized carbons (Fsp3) is 0.667. The molecule has 0 saturated carbocycles. The average molecular weight is 262 g/mol. The second kappa shape index (κ2) is 6.12. The number of nitrogens with two attached hydrogens (primary N) is 1. The highest BCUT2D eigenvalue weighted by Crippen LogP contribution is 2.23. The molecule has 1 aromatic rings. The van der Waals surface area contributed by atoms with Gasteiger partial charge in [-0.25, -0.2) is 0 Å². The van der Waals surface area contributed by atoms with E-state index in [1.165, 1.54) is 0 Å². The van der Waals surface area contributed by atoms with Gasteiger partial charge in [-0.3, -0.25) is 4.90 Å². The molecule has 106 valence electrons. The number of rotatable bonds is 5. The lowest BCUT2D eigenvalue weighted by Gasteiger charge is -2.31. The van der Waals surface area contributed by atoms with Crippen molar-refractivity contribution in [3.05, 3.63) is 16.8 Å². The molecule has 0 fully saturated rings. The van der Waals surface area contributed by atoms with Crippen LogP contribution in [-0.4, -0.2) is 28.1 Å². The van der Waals surface area contributed by atoms with Crippen LogP contribution in [0.15, 0.2) is 0 Å². The van der Waals surface area contributed by atoms with Gasteiger partial charge in [0.2, 0.25) is 0 Å². The molecular weight excluding hydrogens is 236 g/mol. The maximum absolute atomic E-state index is 9.14. The molecule has 4 heteroatoms. The van der Waals surface area contributed by atoms with Crippen LogP contribution >= 0.6 is 0 Å². The molecule has 0 aliphatic carbocycles. The summed E-state index contributed by atoms with van der Waals surface area (Å²) >= 11 is 0. The summed E-state index contributed by atoms with van der Waals surface area (Å²) in [5.41, 5.74) is 8.80. The van der Waals surface area contributed by atoms with Crippen molar-refractivity contribution in [3.8, 4) is 6.07 Å². The smallest absolute Gasteiger partial charge is 0.122 e. The summed E-state index contributed by atoms with van der Waals surface area (Å²) in [7, 11) is 0. The minimum absolute atomic E-state index is 0.508. The quantitative estimate of drug-likeness (QED) is 0.887. The van der Waals surface area contributed by atoms with Gasteiger partial charge in [0, 0.05) is 30.9 Å². The number of nitrogen functional groups attached to an aromatic ring is 1. The van der Waals surface area contributed by atoms with Crippen molar-refractivity contribution >= 4 is 5.82 Å². The van der Waals surface area contributed by atoms with E-state index >= 15 is 0 Å². The predicted molar refractivity (Wildman–Crippen MR) is 80.0 cm³/mol. The van der Waals surface area contributed by atoms with E-state index in [1.54, 1.807) is 0 Å². The zero-order chi connectivity index (χ0) is 14.7. The topological polar surface area (TPSA) is 58.0 Å². The SMILES string of the molecule is Cc1c(C#N)c(N)n(CCN(C(C)C)C(C)C)c1C. The minimum atomic E-state index is 0.508. The third-order valence-electron chi connectivity index (χ3n) is 3.89. The van der Waals surface area contributed by atoms with Crippen molar-refractivity contribution in [2.75, 3.05) is 12.3 Å². The van der Waals surface area contributed by atoms with Crippen molar-refractivity contribution in [3.63, 3.8) is 0 Å². The van der Waals surface area contributed by atoms with Gasteiger partial charge in [0.1, 0.15) is 11.9 Å². The van der Waals surface area contributed by atoms with Crippen molar-refractivity contribution < 1.29 is 0 Å². The van der Waals surface area contributed by atoms with E-state index in [0.29, 0.717) is 23.5 Å². The van der Waals surface area contributed by atoms with Crippen LogP contribution in [0.2, 0.25) is 0 Å². The molecule has 0 amide bonds. The third kappa shape index (κ3) is 3.10. The van der Waals surface area contributed by atoms with E-state index in [0.717, 1.165) is 24.3 Å². The molecule has 19 heavy (non-hydrogen) atoms. The molecule has 0 aromatic carbocycles. The highest BCUT2D eigenvalue weighted by Gasteiger charge is 2.17. The predicted octanol–water partition coefficient (Wildman–Crippen LogP) is 2.68. The van der Waals surface area contributed by atoms with Gasteiger partial charge < -0.3 is 10.3 Å². The van der Waals surface area contributed by atoms with Gasteiger partial charge in [-0.05, 0) is 47.1 Å². The summed E-state index contributed by atoms with van der Waals surface area (Å²) in [4.78, 5) is 2.43. The molecule has 0 unspecified atom stereocenters. The fourth-order valence-corrected chi connectivity index (χ4v) is 2.65. The van der Waals surface area contributed by atoms with E-state index in [-0.39, 0.29) is 0 Å². The number of hydrogen-bond donors (Lipinski definition) is 1. The largest absolute Gasteiger partial charge is 0.384 e. The summed E-state index contributed by atoms with van der Waals surface area (Å²) in [5.74, 6) is 0.602. The molecule has 0 bridgehead atoms. The molecule has 0 spiro atoms. The Hall–Kier alpha value is -1.47. The molecule has 0 radical (unpaired) electrons. The van der Waals surface area contributed by atoms with E-state index in [2.05, 4.69) is 43.2 Å². The van der Waals surface area contributed by atoms with Crippen molar-refractivity contribution in [1.29, 1.82) is 5.26 Å². The van der Waals surface area contributed by atoms with Crippen LogP contribution in [0.5, 0.6) is 0 Å². The van der Waals surface area contributed by atoms with Crippen molar-refractivity contribution in [2.24, 2.45) is 0 Å². The molecular formula is C15H26N4. The molecule has 0 aliphatic heterocycles. The standard InChI is InChI=1S/C15H26N4/c1-10(2)18(11(3)4)7-8-19-13(6)12(5)14(9-16)15(19)17/h10-11H,7-8,17H2,1-6H3. The van der Waals surface area contributed by atoms with E-state index in [4.69, 9.17) is 11.0 Å². The van der Waals surface area contributed by atoms with E-state index in [9.17, 15) is 0 Å². The van der Waals surface area contributed by atoms with Gasteiger partial charge >= 0.3 is 0 Å². The van der Waals surface area contributed by atoms with Gasteiger partial charge in [-0.15, -0.1) is 0 Å². The molecule has 1 rings (SSSR count). The van der Waals surface area contributed by atoms with Crippen LogP contribution in [0.25, 0.3) is 0 Å². The lowest BCUT2D eigenvalue weighted by molar-refractivity contribution is 0.168. The summed E-state index contributed by atoms with van der Waals surface area (Å²) in [6, 6.07) is 3.21. The van der Waals surface area contributed by atoms with Gasteiger partial charge in [0.15, 0.2) is 0 Å². The van der Waals surface area contributed by atoms with Gasteiger partial charge in [0.05, 0.1) is 5.56 Å². The number of aromatic nitrogens is 1. The van der Waals surface area contributed by atoms with Gasteiger partial charge in [-0.1, -0.05) is 0 Å². The molecule has 1 heterocycles. The molecule has 0 atom stereocenters. The number of nitriles is 1. The Kier molecular flexibility index (Phi) is 5.02. The number of hydrogen-bond acceptors (Lipinski definition) is 3. The summed E-state index contributed by atoms with van der Waals surface area (Å²) in [6.07, 6.45) is 0. The lowest BCUT2D eigenvalue weighted by atomic mass is 10.2. The van der Waals surface area contributed by atoms with Crippen LogP contribution in [0.1, 0.15) is 44.5 Å². The first-order valence-electron chi connectivity index (χ1n) is 6.92. The first-order valence-corrected chi connectivity index (χ1v) is 6.92. The lowest BCUT2D eigenvalue weighted by Crippen LogP contribution is -2.39. The van der Waals surface area contributed by atoms with E-state index < -0.39 is 0 Å². The van der Waals surface area contributed by atoms with Crippen LogP contribution in [0.3, 0.4) is 0 Å². The summed E-state index contributed by atoms with van der Waals surface area (Å²) in [5, 5.41) is 9.14. The monoisotopic (exact) mass is 262 g/mol. The Morgan fingerprint density at radius 1 is 1.21 bits per heavy atom.